The molecule has 0 spiro atoms. The lowest BCUT2D eigenvalue weighted by atomic mass is 10.00. The van der Waals surface area contributed by atoms with Gasteiger partial charge in [0.15, 0.2) is 0 Å². The minimum atomic E-state index is -0.988. The Bertz CT molecular complexity index is 417. The normalized spacial score (nSPS) is 12.2. The lowest BCUT2D eigenvalue weighted by Gasteiger charge is -2.17. The van der Waals surface area contributed by atoms with E-state index in [0.717, 1.165) is 31.5 Å². The van der Waals surface area contributed by atoms with E-state index < -0.39 is 5.97 Å². The summed E-state index contributed by atoms with van der Waals surface area (Å²) in [5.41, 5.74) is 0.904. The Morgan fingerprint density at radius 3 is 2.68 bits per heavy atom. The van der Waals surface area contributed by atoms with Gasteiger partial charge in [0, 0.05) is 13.2 Å². The van der Waals surface area contributed by atoms with Crippen LogP contribution in [0.3, 0.4) is 0 Å². The monoisotopic (exact) mass is 285 g/mol. The molecule has 4 nitrogen and oxygen atoms in total. The number of carboxylic acids is 1. The number of aliphatic hydroxyl groups excluding tert-OH is 1. The van der Waals surface area contributed by atoms with E-state index in [-0.39, 0.29) is 12.2 Å². The molecule has 0 radical (unpaired) electrons. The highest BCUT2D eigenvalue weighted by molar-refractivity contribution is 6.33. The minimum Gasteiger partial charge on any atom is -0.478 e. The highest BCUT2D eigenvalue weighted by Gasteiger charge is 2.10. The van der Waals surface area contributed by atoms with E-state index in [1.165, 1.54) is 12.1 Å². The molecule has 0 aliphatic carbocycles. The van der Waals surface area contributed by atoms with Gasteiger partial charge in [-0.1, -0.05) is 24.9 Å². The number of halogens is 1. The van der Waals surface area contributed by atoms with Crippen molar-refractivity contribution in [2.45, 2.75) is 26.2 Å². The number of carboxylic acid groups (broad SMARTS) is 1. The second kappa shape index (κ2) is 8.02. The van der Waals surface area contributed by atoms with Crippen molar-refractivity contribution in [3.8, 4) is 0 Å². The average Bonchev–Trinajstić information content (AvgIpc) is 2.37. The van der Waals surface area contributed by atoms with E-state index in [0.29, 0.717) is 10.9 Å². The molecule has 0 aromatic heterocycles. The maximum Gasteiger partial charge on any atom is 0.335 e. The predicted molar refractivity (Wildman–Crippen MR) is 77.0 cm³/mol. The van der Waals surface area contributed by atoms with Crippen molar-refractivity contribution in [3.05, 3.63) is 28.8 Å². The third-order valence-corrected chi connectivity index (χ3v) is 3.34. The van der Waals surface area contributed by atoms with Crippen molar-refractivity contribution < 1.29 is 15.0 Å². The van der Waals surface area contributed by atoms with Gasteiger partial charge in [0.1, 0.15) is 0 Å². The fourth-order valence-electron chi connectivity index (χ4n) is 1.99. The topological polar surface area (TPSA) is 69.6 Å². The molecule has 0 fully saturated rings. The van der Waals surface area contributed by atoms with Crippen LogP contribution < -0.4 is 5.32 Å². The van der Waals surface area contributed by atoms with Gasteiger partial charge in [0.2, 0.25) is 0 Å². The number of hydrogen-bond acceptors (Lipinski definition) is 3. The van der Waals surface area contributed by atoms with E-state index in [2.05, 4.69) is 12.2 Å². The number of anilines is 1. The summed E-state index contributed by atoms with van der Waals surface area (Å²) in [4.78, 5) is 10.8. The Morgan fingerprint density at radius 2 is 2.16 bits per heavy atom. The predicted octanol–water partition coefficient (Wildman–Crippen LogP) is 3.25. The number of aliphatic hydroxyl groups is 1. The van der Waals surface area contributed by atoms with Crippen molar-refractivity contribution in [2.75, 3.05) is 18.5 Å². The second-order valence-electron chi connectivity index (χ2n) is 4.55. The van der Waals surface area contributed by atoms with Gasteiger partial charge in [-0.3, -0.25) is 0 Å². The molecule has 19 heavy (non-hydrogen) atoms. The molecular formula is C14H20ClNO3. The molecule has 1 aromatic rings. The Labute approximate surface area is 118 Å². The number of rotatable bonds is 8. The molecule has 1 aromatic carbocycles. The quantitative estimate of drug-likeness (QED) is 0.686. The molecular weight excluding hydrogens is 266 g/mol. The lowest BCUT2D eigenvalue weighted by Crippen LogP contribution is -2.16. The molecule has 0 aliphatic heterocycles. The summed E-state index contributed by atoms with van der Waals surface area (Å²) in [6.07, 6.45) is 2.86. The molecule has 1 rings (SSSR count). The minimum absolute atomic E-state index is 0.177. The molecule has 0 bridgehead atoms. The van der Waals surface area contributed by atoms with Crippen LogP contribution in [0.2, 0.25) is 5.02 Å². The standard InChI is InChI=1S/C14H20ClNO3/c1-2-3-10(6-7-17)9-16-13-5-4-11(14(18)19)8-12(13)15/h4-5,8,10,16-17H,2-3,6-7,9H2,1H3,(H,18,19). The van der Waals surface area contributed by atoms with E-state index >= 15 is 0 Å². The Kier molecular flexibility index (Phi) is 6.67. The van der Waals surface area contributed by atoms with Gasteiger partial charge >= 0.3 is 5.97 Å². The van der Waals surface area contributed by atoms with E-state index in [1.807, 2.05) is 0 Å². The zero-order valence-corrected chi connectivity index (χ0v) is 11.8. The maximum atomic E-state index is 10.8. The summed E-state index contributed by atoms with van der Waals surface area (Å²) in [5, 5.41) is 21.5. The van der Waals surface area contributed by atoms with E-state index in [9.17, 15) is 4.79 Å². The molecule has 0 heterocycles. The molecule has 1 atom stereocenters. The SMILES string of the molecule is CCCC(CCO)CNc1ccc(C(=O)O)cc1Cl. The fourth-order valence-corrected chi connectivity index (χ4v) is 2.23. The summed E-state index contributed by atoms with van der Waals surface area (Å²) in [6.45, 7) is 3.01. The summed E-state index contributed by atoms with van der Waals surface area (Å²) >= 11 is 6.04. The Balaban J connectivity index is 2.63. The van der Waals surface area contributed by atoms with Gasteiger partial charge in [-0.2, -0.15) is 0 Å². The van der Waals surface area contributed by atoms with Gasteiger partial charge < -0.3 is 15.5 Å². The molecule has 106 valence electrons. The number of aromatic carboxylic acids is 1. The third kappa shape index (κ3) is 5.09. The third-order valence-electron chi connectivity index (χ3n) is 3.03. The van der Waals surface area contributed by atoms with E-state index in [1.54, 1.807) is 6.07 Å². The summed E-state index contributed by atoms with van der Waals surface area (Å²) in [6, 6.07) is 4.64. The van der Waals surface area contributed by atoms with Crippen LogP contribution in [0.25, 0.3) is 0 Å². The fraction of sp³-hybridized carbons (Fsp3) is 0.500. The molecule has 5 heteroatoms. The van der Waals surface area contributed by atoms with Crippen LogP contribution in [0.15, 0.2) is 18.2 Å². The number of nitrogens with one attached hydrogen (secondary N) is 1. The van der Waals surface area contributed by atoms with E-state index in [4.69, 9.17) is 21.8 Å². The summed E-state index contributed by atoms with van der Waals surface area (Å²) < 4.78 is 0. The highest BCUT2D eigenvalue weighted by Crippen LogP contribution is 2.24. The zero-order chi connectivity index (χ0) is 14.3. The van der Waals surface area contributed by atoms with Crippen LogP contribution in [0.1, 0.15) is 36.5 Å². The van der Waals surface area contributed by atoms with Gasteiger partial charge in [-0.25, -0.2) is 4.79 Å². The number of hydrogen-bond donors (Lipinski definition) is 3. The van der Waals surface area contributed by atoms with Crippen LogP contribution in [0.5, 0.6) is 0 Å². The van der Waals surface area contributed by atoms with Gasteiger partial charge in [-0.15, -0.1) is 0 Å². The van der Waals surface area contributed by atoms with Crippen molar-refractivity contribution >= 4 is 23.3 Å². The van der Waals surface area contributed by atoms with Crippen LogP contribution in [0.4, 0.5) is 5.69 Å². The first-order valence-electron chi connectivity index (χ1n) is 6.46. The Morgan fingerprint density at radius 1 is 1.42 bits per heavy atom. The van der Waals surface area contributed by atoms with Gasteiger partial charge in [-0.05, 0) is 37.0 Å². The second-order valence-corrected chi connectivity index (χ2v) is 4.95. The van der Waals surface area contributed by atoms with Crippen molar-refractivity contribution in [1.82, 2.24) is 0 Å². The first kappa shape index (κ1) is 15.8. The van der Waals surface area contributed by atoms with Crippen LogP contribution >= 0.6 is 11.6 Å². The van der Waals surface area contributed by atoms with Crippen molar-refractivity contribution in [1.29, 1.82) is 0 Å². The average molecular weight is 286 g/mol. The van der Waals surface area contributed by atoms with Crippen molar-refractivity contribution in [3.63, 3.8) is 0 Å². The molecule has 3 N–H and O–H groups in total. The van der Waals surface area contributed by atoms with Crippen LogP contribution in [0, 0.1) is 5.92 Å². The molecule has 0 amide bonds. The van der Waals surface area contributed by atoms with Gasteiger partial charge in [0.05, 0.1) is 16.3 Å². The number of benzene rings is 1. The smallest absolute Gasteiger partial charge is 0.335 e. The van der Waals surface area contributed by atoms with Crippen LogP contribution in [-0.2, 0) is 0 Å². The van der Waals surface area contributed by atoms with Gasteiger partial charge in [0.25, 0.3) is 0 Å². The largest absolute Gasteiger partial charge is 0.478 e. The number of carbonyl (C=O) groups is 1. The zero-order valence-electron chi connectivity index (χ0n) is 11.0. The van der Waals surface area contributed by atoms with Crippen molar-refractivity contribution in [2.24, 2.45) is 5.92 Å². The first-order valence-corrected chi connectivity index (χ1v) is 6.83. The first-order chi connectivity index (χ1) is 9.08. The molecule has 1 unspecified atom stereocenters. The van der Waals surface area contributed by atoms with Crippen LogP contribution in [-0.4, -0.2) is 29.3 Å². The summed E-state index contributed by atoms with van der Waals surface area (Å²) in [7, 11) is 0. The highest BCUT2D eigenvalue weighted by atomic mass is 35.5. The molecule has 0 saturated carbocycles. The molecule has 0 aliphatic rings. The molecule has 0 saturated heterocycles. The lowest BCUT2D eigenvalue weighted by molar-refractivity contribution is 0.0697. The summed E-state index contributed by atoms with van der Waals surface area (Å²) in [5.74, 6) is -0.595. The Hall–Kier alpha value is -1.26. The maximum absolute atomic E-state index is 10.8.